The number of rotatable bonds is 8. The Kier molecular flexibility index (Phi) is 7.82. The molecule has 18 heavy (non-hydrogen) atoms. The van der Waals surface area contributed by atoms with Gasteiger partial charge in [-0.2, -0.15) is 0 Å². The van der Waals surface area contributed by atoms with E-state index in [0.717, 1.165) is 45.3 Å². The van der Waals surface area contributed by atoms with Crippen molar-refractivity contribution in [1.29, 1.82) is 0 Å². The first-order chi connectivity index (χ1) is 8.58. The minimum atomic E-state index is 0.667. The molecule has 4 nitrogen and oxygen atoms in total. The van der Waals surface area contributed by atoms with E-state index < -0.39 is 0 Å². The van der Waals surface area contributed by atoms with Crippen LogP contribution in [-0.2, 0) is 4.74 Å². The van der Waals surface area contributed by atoms with Crippen LogP contribution >= 0.6 is 0 Å². The first kappa shape index (κ1) is 15.9. The lowest BCUT2D eigenvalue weighted by atomic mass is 10.0. The maximum Gasteiger partial charge on any atom is 0.0594 e. The Morgan fingerprint density at radius 3 is 2.78 bits per heavy atom. The van der Waals surface area contributed by atoms with Gasteiger partial charge in [0.15, 0.2) is 0 Å². The van der Waals surface area contributed by atoms with Crippen molar-refractivity contribution in [2.24, 2.45) is 5.92 Å². The SMILES string of the molecule is CC(C)CC1CN(CCOCCN(C)C)CCN1. The zero-order chi connectivity index (χ0) is 13.4. The van der Waals surface area contributed by atoms with Crippen molar-refractivity contribution in [1.82, 2.24) is 15.1 Å². The summed E-state index contributed by atoms with van der Waals surface area (Å²) in [5.41, 5.74) is 0. The van der Waals surface area contributed by atoms with Crippen molar-refractivity contribution in [3.63, 3.8) is 0 Å². The fourth-order valence-electron chi connectivity index (χ4n) is 2.37. The molecule has 0 aromatic rings. The zero-order valence-electron chi connectivity index (χ0n) is 12.6. The maximum atomic E-state index is 5.66. The first-order valence-electron chi connectivity index (χ1n) is 7.26. The molecule has 0 aliphatic carbocycles. The minimum Gasteiger partial charge on any atom is -0.379 e. The Bertz CT molecular complexity index is 209. The molecule has 1 saturated heterocycles. The van der Waals surface area contributed by atoms with Crippen LogP contribution in [0.5, 0.6) is 0 Å². The first-order valence-corrected chi connectivity index (χ1v) is 7.26. The Morgan fingerprint density at radius 2 is 2.11 bits per heavy atom. The van der Waals surface area contributed by atoms with Gasteiger partial charge in [0.2, 0.25) is 0 Å². The van der Waals surface area contributed by atoms with Gasteiger partial charge in [0.25, 0.3) is 0 Å². The van der Waals surface area contributed by atoms with Gasteiger partial charge in [-0.25, -0.2) is 0 Å². The largest absolute Gasteiger partial charge is 0.379 e. The molecule has 0 aromatic carbocycles. The van der Waals surface area contributed by atoms with E-state index in [0.29, 0.717) is 6.04 Å². The van der Waals surface area contributed by atoms with Crippen molar-refractivity contribution in [2.45, 2.75) is 26.3 Å². The molecule has 0 spiro atoms. The second-order valence-electron chi connectivity index (χ2n) is 6.00. The molecular weight excluding hydrogens is 226 g/mol. The number of piperazine rings is 1. The molecule has 1 fully saturated rings. The van der Waals surface area contributed by atoms with E-state index in [9.17, 15) is 0 Å². The van der Waals surface area contributed by atoms with Crippen LogP contribution in [0.4, 0.5) is 0 Å². The summed E-state index contributed by atoms with van der Waals surface area (Å²) in [6, 6.07) is 0.667. The van der Waals surface area contributed by atoms with Gasteiger partial charge < -0.3 is 15.0 Å². The van der Waals surface area contributed by atoms with E-state index in [-0.39, 0.29) is 0 Å². The number of hydrogen-bond acceptors (Lipinski definition) is 4. The molecule has 0 radical (unpaired) electrons. The summed E-state index contributed by atoms with van der Waals surface area (Å²) in [5, 5.41) is 3.61. The average Bonchev–Trinajstić information content (AvgIpc) is 2.27. The highest BCUT2D eigenvalue weighted by Gasteiger charge is 2.19. The summed E-state index contributed by atoms with van der Waals surface area (Å²) in [6.45, 7) is 11.8. The molecule has 0 aromatic heterocycles. The highest BCUT2D eigenvalue weighted by Crippen LogP contribution is 2.09. The van der Waals surface area contributed by atoms with Crippen LogP contribution in [0.25, 0.3) is 0 Å². The van der Waals surface area contributed by atoms with E-state index in [2.05, 4.69) is 43.1 Å². The highest BCUT2D eigenvalue weighted by atomic mass is 16.5. The topological polar surface area (TPSA) is 27.7 Å². The lowest BCUT2D eigenvalue weighted by Gasteiger charge is -2.34. The van der Waals surface area contributed by atoms with Gasteiger partial charge in [0, 0.05) is 38.8 Å². The molecule has 0 saturated carbocycles. The summed E-state index contributed by atoms with van der Waals surface area (Å²) < 4.78 is 5.66. The highest BCUT2D eigenvalue weighted by molar-refractivity contribution is 4.79. The van der Waals surface area contributed by atoms with E-state index >= 15 is 0 Å². The maximum absolute atomic E-state index is 5.66. The molecule has 1 heterocycles. The number of likely N-dealkylation sites (N-methyl/N-ethyl adjacent to an activating group) is 1. The Hall–Kier alpha value is -0.160. The minimum absolute atomic E-state index is 0.667. The van der Waals surface area contributed by atoms with Crippen LogP contribution in [0.15, 0.2) is 0 Å². The van der Waals surface area contributed by atoms with Gasteiger partial charge in [-0.05, 0) is 26.4 Å². The van der Waals surface area contributed by atoms with Crippen LogP contribution in [-0.4, -0.2) is 75.9 Å². The summed E-state index contributed by atoms with van der Waals surface area (Å²) in [4.78, 5) is 4.68. The standard InChI is InChI=1S/C14H31N3O/c1-13(2)11-14-12-17(6-5-15-14)8-10-18-9-7-16(3)4/h13-15H,5-12H2,1-4H3. The van der Waals surface area contributed by atoms with Crippen LogP contribution < -0.4 is 5.32 Å². The normalized spacial score (nSPS) is 22.0. The average molecular weight is 257 g/mol. The van der Waals surface area contributed by atoms with Gasteiger partial charge >= 0.3 is 0 Å². The van der Waals surface area contributed by atoms with Gasteiger partial charge in [-0.3, -0.25) is 4.90 Å². The number of hydrogen-bond donors (Lipinski definition) is 1. The second-order valence-corrected chi connectivity index (χ2v) is 6.00. The molecule has 1 aliphatic rings. The summed E-state index contributed by atoms with van der Waals surface area (Å²) in [7, 11) is 4.16. The fourth-order valence-corrected chi connectivity index (χ4v) is 2.37. The third kappa shape index (κ3) is 7.31. The number of nitrogens with zero attached hydrogens (tertiary/aromatic N) is 2. The Morgan fingerprint density at radius 1 is 1.33 bits per heavy atom. The number of ether oxygens (including phenoxy) is 1. The summed E-state index contributed by atoms with van der Waals surface area (Å²) >= 11 is 0. The van der Waals surface area contributed by atoms with Crippen molar-refractivity contribution < 1.29 is 4.74 Å². The van der Waals surface area contributed by atoms with Crippen LogP contribution in [0.1, 0.15) is 20.3 Å². The van der Waals surface area contributed by atoms with Crippen molar-refractivity contribution >= 4 is 0 Å². The van der Waals surface area contributed by atoms with Crippen LogP contribution in [0.2, 0.25) is 0 Å². The predicted molar refractivity (Wildman–Crippen MR) is 77.1 cm³/mol. The van der Waals surface area contributed by atoms with Gasteiger partial charge in [0.05, 0.1) is 13.2 Å². The predicted octanol–water partition coefficient (Wildman–Crippen LogP) is 0.885. The molecule has 1 atom stereocenters. The lowest BCUT2D eigenvalue weighted by Crippen LogP contribution is -2.51. The smallest absolute Gasteiger partial charge is 0.0594 e. The summed E-state index contributed by atoms with van der Waals surface area (Å²) in [6.07, 6.45) is 1.28. The molecular formula is C14H31N3O. The van der Waals surface area contributed by atoms with Crippen LogP contribution in [0.3, 0.4) is 0 Å². The quantitative estimate of drug-likeness (QED) is 0.654. The zero-order valence-corrected chi connectivity index (χ0v) is 12.6. The molecule has 1 N–H and O–H groups in total. The van der Waals surface area contributed by atoms with Crippen molar-refractivity contribution in [3.8, 4) is 0 Å². The molecule has 1 rings (SSSR count). The van der Waals surface area contributed by atoms with E-state index in [1.807, 2.05) is 0 Å². The van der Waals surface area contributed by atoms with Crippen molar-refractivity contribution in [2.75, 3.05) is 60.0 Å². The molecule has 108 valence electrons. The van der Waals surface area contributed by atoms with E-state index in [1.54, 1.807) is 0 Å². The Balaban J connectivity index is 2.07. The third-order valence-corrected chi connectivity index (χ3v) is 3.33. The fraction of sp³-hybridized carbons (Fsp3) is 1.00. The summed E-state index contributed by atoms with van der Waals surface area (Å²) in [5.74, 6) is 0.777. The second kappa shape index (κ2) is 8.86. The van der Waals surface area contributed by atoms with Crippen LogP contribution in [0, 0.1) is 5.92 Å². The Labute approximate surface area is 113 Å². The molecule has 0 amide bonds. The molecule has 4 heteroatoms. The third-order valence-electron chi connectivity index (χ3n) is 3.33. The molecule has 1 aliphatic heterocycles. The van der Waals surface area contributed by atoms with Gasteiger partial charge in [0.1, 0.15) is 0 Å². The van der Waals surface area contributed by atoms with Gasteiger partial charge in [-0.15, -0.1) is 0 Å². The van der Waals surface area contributed by atoms with E-state index in [1.165, 1.54) is 13.0 Å². The molecule has 0 bridgehead atoms. The van der Waals surface area contributed by atoms with E-state index in [4.69, 9.17) is 4.74 Å². The number of nitrogens with one attached hydrogen (secondary N) is 1. The lowest BCUT2D eigenvalue weighted by molar-refractivity contribution is 0.0810. The van der Waals surface area contributed by atoms with Crippen molar-refractivity contribution in [3.05, 3.63) is 0 Å². The monoisotopic (exact) mass is 257 g/mol. The molecule has 1 unspecified atom stereocenters. The van der Waals surface area contributed by atoms with Gasteiger partial charge in [-0.1, -0.05) is 13.8 Å².